The highest BCUT2D eigenvalue weighted by Gasteiger charge is 2.62. The molecule has 0 radical (unpaired) electrons. The van der Waals surface area contributed by atoms with Gasteiger partial charge >= 0.3 is 8.56 Å². The fourth-order valence-electron chi connectivity index (χ4n) is 3.67. The molecule has 1 atom stereocenters. The number of unbranched alkanes of at least 4 members (excludes halogenated alkanes) is 3. The topological polar surface area (TPSA) is 51.5 Å². The maximum Gasteiger partial charge on any atom is 0.375 e. The Kier molecular flexibility index (Phi) is 7.97. The predicted molar refractivity (Wildman–Crippen MR) is 93.8 cm³/mol. The Balaban J connectivity index is 3.23. The molecule has 0 amide bonds. The van der Waals surface area contributed by atoms with Crippen LogP contribution < -0.4 is 0 Å². The number of nitrogens with one attached hydrogen (secondary N) is 1. The van der Waals surface area contributed by atoms with E-state index in [1.807, 2.05) is 0 Å². The van der Waals surface area contributed by atoms with Crippen molar-refractivity contribution in [2.24, 2.45) is 0 Å². The van der Waals surface area contributed by atoms with Crippen LogP contribution in [0.1, 0.15) is 58.8 Å². The van der Waals surface area contributed by atoms with Crippen LogP contribution in [0.4, 0.5) is 0 Å². The van der Waals surface area contributed by atoms with Gasteiger partial charge in [0.15, 0.2) is 0 Å². The first-order chi connectivity index (χ1) is 10.6. The molecule has 0 aromatic heterocycles. The van der Waals surface area contributed by atoms with E-state index in [0.29, 0.717) is 5.71 Å². The molecule has 5 heteroatoms. The molecule has 0 bridgehead atoms. The summed E-state index contributed by atoms with van der Waals surface area (Å²) in [6.45, 7) is 4.36. The maximum atomic E-state index is 8.45. The molecule has 0 aromatic carbocycles. The van der Waals surface area contributed by atoms with Crippen molar-refractivity contribution in [2.45, 2.75) is 70.1 Å². The molecule has 1 heterocycles. The van der Waals surface area contributed by atoms with E-state index < -0.39 is 13.8 Å². The standard InChI is InChI=1S/C17H33NO3Si/c1-6-8-9-10-11-15-16(18)12-14-22(20-4,21-5)17(15,19-3)13-7-2/h11,18H,6-10,12-14H2,1-5H3. The van der Waals surface area contributed by atoms with Gasteiger partial charge in [-0.15, -0.1) is 0 Å². The molecule has 22 heavy (non-hydrogen) atoms. The average molecular weight is 328 g/mol. The van der Waals surface area contributed by atoms with Gasteiger partial charge in [-0.2, -0.15) is 0 Å². The van der Waals surface area contributed by atoms with Crippen molar-refractivity contribution in [2.75, 3.05) is 21.3 Å². The Bertz CT molecular complexity index is 393. The van der Waals surface area contributed by atoms with Crippen LogP contribution in [-0.4, -0.2) is 40.8 Å². The number of hydrogen-bond donors (Lipinski definition) is 1. The van der Waals surface area contributed by atoms with Crippen LogP contribution in [-0.2, 0) is 13.6 Å². The number of ether oxygens (including phenoxy) is 1. The zero-order valence-corrected chi connectivity index (χ0v) is 16.0. The van der Waals surface area contributed by atoms with Gasteiger partial charge in [0.25, 0.3) is 0 Å². The summed E-state index contributed by atoms with van der Waals surface area (Å²) in [5.74, 6) is 0. The molecule has 1 aliphatic rings. The number of hydrogen-bond acceptors (Lipinski definition) is 4. The Labute approximate surface area is 137 Å². The molecule has 1 N–H and O–H groups in total. The van der Waals surface area contributed by atoms with Gasteiger partial charge in [-0.3, -0.25) is 0 Å². The van der Waals surface area contributed by atoms with Crippen LogP contribution in [0.15, 0.2) is 11.6 Å². The molecule has 0 saturated carbocycles. The van der Waals surface area contributed by atoms with E-state index in [1.165, 1.54) is 12.8 Å². The van der Waals surface area contributed by atoms with Gasteiger partial charge in [0.2, 0.25) is 0 Å². The van der Waals surface area contributed by atoms with Crippen molar-refractivity contribution in [3.63, 3.8) is 0 Å². The normalized spacial score (nSPS) is 26.6. The third-order valence-corrected chi connectivity index (χ3v) is 9.03. The van der Waals surface area contributed by atoms with E-state index in [-0.39, 0.29) is 0 Å². The van der Waals surface area contributed by atoms with E-state index >= 15 is 0 Å². The van der Waals surface area contributed by atoms with E-state index in [9.17, 15) is 0 Å². The lowest BCUT2D eigenvalue weighted by Gasteiger charge is -2.49. The van der Waals surface area contributed by atoms with E-state index in [2.05, 4.69) is 19.9 Å². The van der Waals surface area contributed by atoms with Crippen LogP contribution in [0.2, 0.25) is 6.04 Å². The van der Waals surface area contributed by atoms with E-state index in [0.717, 1.165) is 43.7 Å². The minimum absolute atomic E-state index is 0.549. The van der Waals surface area contributed by atoms with Gasteiger partial charge in [-0.05, 0) is 31.7 Å². The highest BCUT2D eigenvalue weighted by molar-refractivity contribution is 6.73. The van der Waals surface area contributed by atoms with Crippen molar-refractivity contribution >= 4 is 14.3 Å². The number of rotatable bonds is 9. The smallest absolute Gasteiger partial charge is 0.375 e. The lowest BCUT2D eigenvalue weighted by molar-refractivity contribution is 0.0278. The largest absolute Gasteiger partial charge is 0.396 e. The maximum absolute atomic E-state index is 8.45. The van der Waals surface area contributed by atoms with Crippen molar-refractivity contribution in [1.29, 1.82) is 5.41 Å². The van der Waals surface area contributed by atoms with E-state index in [1.54, 1.807) is 21.3 Å². The van der Waals surface area contributed by atoms with Crippen LogP contribution in [0, 0.1) is 5.41 Å². The predicted octanol–water partition coefficient (Wildman–Crippen LogP) is 4.38. The number of allylic oxidation sites excluding steroid dienone is 1. The molecule has 4 nitrogen and oxygen atoms in total. The first kappa shape index (κ1) is 19.6. The lowest BCUT2D eigenvalue weighted by Crippen LogP contribution is -2.67. The summed E-state index contributed by atoms with van der Waals surface area (Å²) in [5, 5.41) is 7.90. The molecule has 0 spiro atoms. The molecule has 0 aromatic rings. The molecule has 128 valence electrons. The van der Waals surface area contributed by atoms with Gasteiger partial charge in [0.05, 0.1) is 0 Å². The lowest BCUT2D eigenvalue weighted by atomic mass is 9.95. The summed E-state index contributed by atoms with van der Waals surface area (Å²) < 4.78 is 18.0. The van der Waals surface area contributed by atoms with Gasteiger partial charge in [0, 0.05) is 32.6 Å². The fourth-order valence-corrected chi connectivity index (χ4v) is 7.49. The van der Waals surface area contributed by atoms with Gasteiger partial charge in [-0.25, -0.2) is 0 Å². The third-order valence-electron chi connectivity index (χ3n) is 4.85. The third kappa shape index (κ3) is 3.53. The monoisotopic (exact) mass is 327 g/mol. The van der Waals surface area contributed by atoms with Crippen LogP contribution in [0.25, 0.3) is 0 Å². The molecule has 1 saturated heterocycles. The second kappa shape index (κ2) is 8.96. The Morgan fingerprint density at radius 2 is 1.82 bits per heavy atom. The van der Waals surface area contributed by atoms with Gasteiger partial charge in [0.1, 0.15) is 5.22 Å². The Morgan fingerprint density at radius 1 is 1.14 bits per heavy atom. The molecular formula is C17H33NO3Si. The van der Waals surface area contributed by atoms with Crippen LogP contribution in [0.5, 0.6) is 0 Å². The average Bonchev–Trinajstić information content (AvgIpc) is 2.54. The van der Waals surface area contributed by atoms with Crippen LogP contribution >= 0.6 is 0 Å². The summed E-state index contributed by atoms with van der Waals surface area (Å²) in [4.78, 5) is 0. The zero-order valence-electron chi connectivity index (χ0n) is 15.0. The summed E-state index contributed by atoms with van der Waals surface area (Å²) in [5.41, 5.74) is 1.72. The quantitative estimate of drug-likeness (QED) is 0.505. The molecule has 1 unspecified atom stereocenters. The van der Waals surface area contributed by atoms with E-state index in [4.69, 9.17) is 19.0 Å². The molecule has 1 rings (SSSR count). The summed E-state index contributed by atoms with van der Waals surface area (Å²) >= 11 is 0. The Hall–Kier alpha value is -0.493. The SMILES string of the molecule is CCCCCC=C1C(=N)CC[Si](OC)(OC)C1(CCC)OC. The summed E-state index contributed by atoms with van der Waals surface area (Å²) in [7, 11) is 2.69. The second-order valence-electron chi connectivity index (χ2n) is 6.03. The zero-order chi connectivity index (χ0) is 16.6. The Morgan fingerprint density at radius 3 is 2.32 bits per heavy atom. The molecule has 0 aliphatic carbocycles. The summed E-state index contributed by atoms with van der Waals surface area (Å²) in [6.07, 6.45) is 9.36. The molecular weight excluding hydrogens is 294 g/mol. The number of methoxy groups -OCH3 is 1. The minimum atomic E-state index is -2.54. The highest BCUT2D eigenvalue weighted by Crippen LogP contribution is 2.45. The van der Waals surface area contributed by atoms with Gasteiger partial charge in [-0.1, -0.05) is 39.2 Å². The van der Waals surface area contributed by atoms with Crippen molar-refractivity contribution in [1.82, 2.24) is 0 Å². The van der Waals surface area contributed by atoms with Crippen molar-refractivity contribution in [3.05, 3.63) is 11.6 Å². The summed E-state index contributed by atoms with van der Waals surface area (Å²) in [6, 6.07) is 0.791. The first-order valence-electron chi connectivity index (χ1n) is 8.51. The second-order valence-corrected chi connectivity index (χ2v) is 9.66. The van der Waals surface area contributed by atoms with Crippen LogP contribution in [0.3, 0.4) is 0 Å². The van der Waals surface area contributed by atoms with Gasteiger partial charge < -0.3 is 19.0 Å². The van der Waals surface area contributed by atoms with Crippen molar-refractivity contribution in [3.8, 4) is 0 Å². The first-order valence-corrected chi connectivity index (χ1v) is 10.5. The minimum Gasteiger partial charge on any atom is -0.396 e. The molecule has 1 aliphatic heterocycles. The molecule has 1 fully saturated rings. The van der Waals surface area contributed by atoms with Crippen molar-refractivity contribution < 1.29 is 13.6 Å². The fraction of sp³-hybridized carbons (Fsp3) is 0.824. The highest BCUT2D eigenvalue weighted by atomic mass is 28.4.